The zero-order valence-corrected chi connectivity index (χ0v) is 14.9. The summed E-state index contributed by atoms with van der Waals surface area (Å²) in [6.45, 7) is 0.695. The molecule has 1 N–H and O–H groups in total. The quantitative estimate of drug-likeness (QED) is 0.780. The van der Waals surface area contributed by atoms with Gasteiger partial charge in [-0.1, -0.05) is 12.1 Å². The van der Waals surface area contributed by atoms with Crippen molar-refractivity contribution in [1.82, 2.24) is 14.9 Å². The Labute approximate surface area is 151 Å². The Morgan fingerprint density at radius 3 is 2.81 bits per heavy atom. The van der Waals surface area contributed by atoms with E-state index in [0.29, 0.717) is 23.6 Å². The molecule has 1 aromatic heterocycles. The summed E-state index contributed by atoms with van der Waals surface area (Å²) in [5, 5.41) is 0. The first-order valence-corrected chi connectivity index (χ1v) is 8.69. The van der Waals surface area contributed by atoms with E-state index in [2.05, 4.69) is 4.98 Å². The van der Waals surface area contributed by atoms with Crippen LogP contribution < -0.4 is 9.47 Å². The van der Waals surface area contributed by atoms with Crippen LogP contribution in [-0.4, -0.2) is 41.5 Å². The van der Waals surface area contributed by atoms with Gasteiger partial charge in [-0.3, -0.25) is 4.79 Å². The number of amides is 1. The molecule has 1 saturated heterocycles. The normalized spacial score (nSPS) is 16.8. The molecule has 6 heteroatoms. The van der Waals surface area contributed by atoms with E-state index in [1.165, 1.54) is 0 Å². The van der Waals surface area contributed by atoms with Crippen LogP contribution in [0.1, 0.15) is 35.1 Å². The van der Waals surface area contributed by atoms with Crippen LogP contribution in [0.25, 0.3) is 11.0 Å². The summed E-state index contributed by atoms with van der Waals surface area (Å²) in [6.07, 6.45) is 1.83. The third-order valence-corrected chi connectivity index (χ3v) is 4.87. The highest BCUT2D eigenvalue weighted by atomic mass is 16.5. The SMILES string of the molecule is COc1ccc(OC)c(C(=O)N2CCCC2c2nc3ccccc3[nH]2)c1. The van der Waals surface area contributed by atoms with Gasteiger partial charge in [-0.2, -0.15) is 0 Å². The van der Waals surface area contributed by atoms with E-state index < -0.39 is 0 Å². The van der Waals surface area contributed by atoms with Crippen molar-refractivity contribution < 1.29 is 14.3 Å². The maximum atomic E-state index is 13.2. The van der Waals surface area contributed by atoms with Crippen molar-refractivity contribution in [1.29, 1.82) is 0 Å². The van der Waals surface area contributed by atoms with Gasteiger partial charge in [-0.15, -0.1) is 0 Å². The van der Waals surface area contributed by atoms with E-state index in [1.54, 1.807) is 32.4 Å². The number of carbonyl (C=O) groups is 1. The molecule has 1 aliphatic heterocycles. The number of methoxy groups -OCH3 is 2. The topological polar surface area (TPSA) is 67.5 Å². The van der Waals surface area contributed by atoms with E-state index in [1.807, 2.05) is 29.2 Å². The lowest BCUT2D eigenvalue weighted by molar-refractivity contribution is 0.0726. The largest absolute Gasteiger partial charge is 0.497 e. The predicted octanol–water partition coefficient (Wildman–Crippen LogP) is 3.56. The van der Waals surface area contributed by atoms with Gasteiger partial charge in [-0.25, -0.2) is 4.98 Å². The first kappa shape index (κ1) is 16.4. The Morgan fingerprint density at radius 1 is 1.19 bits per heavy atom. The number of nitrogens with zero attached hydrogens (tertiary/aromatic N) is 2. The molecule has 1 unspecified atom stereocenters. The van der Waals surface area contributed by atoms with Gasteiger partial charge in [0.15, 0.2) is 0 Å². The van der Waals surface area contributed by atoms with Gasteiger partial charge < -0.3 is 19.4 Å². The standard InChI is InChI=1S/C20H21N3O3/c1-25-13-9-10-18(26-2)14(12-13)20(24)23-11-5-8-17(23)19-21-15-6-3-4-7-16(15)22-19/h3-4,6-7,9-10,12,17H,5,8,11H2,1-2H3,(H,21,22). The van der Waals surface area contributed by atoms with Gasteiger partial charge in [-0.05, 0) is 43.2 Å². The number of benzene rings is 2. The molecule has 1 fully saturated rings. The Hall–Kier alpha value is -3.02. The second kappa shape index (κ2) is 6.71. The van der Waals surface area contributed by atoms with E-state index in [9.17, 15) is 4.79 Å². The molecule has 6 nitrogen and oxygen atoms in total. The summed E-state index contributed by atoms with van der Waals surface area (Å²) in [6, 6.07) is 13.1. The van der Waals surface area contributed by atoms with Crippen LogP contribution in [0.3, 0.4) is 0 Å². The zero-order chi connectivity index (χ0) is 18.1. The molecule has 1 atom stereocenters. The monoisotopic (exact) mass is 351 g/mol. The fourth-order valence-electron chi connectivity index (χ4n) is 3.56. The highest BCUT2D eigenvalue weighted by Gasteiger charge is 2.34. The van der Waals surface area contributed by atoms with Crippen LogP contribution in [0.4, 0.5) is 0 Å². The van der Waals surface area contributed by atoms with Gasteiger partial charge in [0.05, 0.1) is 36.9 Å². The van der Waals surface area contributed by atoms with Crippen molar-refractivity contribution in [2.24, 2.45) is 0 Å². The molecule has 0 spiro atoms. The maximum absolute atomic E-state index is 13.2. The lowest BCUT2D eigenvalue weighted by Gasteiger charge is -2.24. The minimum atomic E-state index is -0.0660. The number of nitrogens with one attached hydrogen (secondary N) is 1. The predicted molar refractivity (Wildman–Crippen MR) is 98.7 cm³/mol. The van der Waals surface area contributed by atoms with Crippen LogP contribution in [-0.2, 0) is 0 Å². The van der Waals surface area contributed by atoms with Crippen LogP contribution in [0, 0.1) is 0 Å². The summed E-state index contributed by atoms with van der Waals surface area (Å²) >= 11 is 0. The number of hydrogen-bond acceptors (Lipinski definition) is 4. The number of hydrogen-bond donors (Lipinski definition) is 1. The molecule has 134 valence electrons. The van der Waals surface area contributed by atoms with Crippen LogP contribution in [0.2, 0.25) is 0 Å². The number of fused-ring (bicyclic) bond motifs is 1. The number of aromatic amines is 1. The summed E-state index contributed by atoms with van der Waals surface area (Å²) < 4.78 is 10.7. The van der Waals surface area contributed by atoms with Crippen LogP contribution in [0.15, 0.2) is 42.5 Å². The van der Waals surface area contributed by atoms with Gasteiger partial charge >= 0.3 is 0 Å². The van der Waals surface area contributed by atoms with E-state index >= 15 is 0 Å². The molecule has 26 heavy (non-hydrogen) atoms. The van der Waals surface area contributed by atoms with E-state index in [-0.39, 0.29) is 11.9 Å². The van der Waals surface area contributed by atoms with Gasteiger partial charge in [0.1, 0.15) is 17.3 Å². The molecular formula is C20H21N3O3. The zero-order valence-electron chi connectivity index (χ0n) is 14.9. The van der Waals surface area contributed by atoms with E-state index in [0.717, 1.165) is 29.7 Å². The number of para-hydroxylation sites is 2. The molecule has 4 rings (SSSR count). The van der Waals surface area contributed by atoms with Gasteiger partial charge in [0, 0.05) is 6.54 Å². The Morgan fingerprint density at radius 2 is 2.04 bits per heavy atom. The summed E-state index contributed by atoms with van der Waals surface area (Å²) in [5.74, 6) is 1.95. The van der Waals surface area contributed by atoms with Crippen molar-refractivity contribution in [2.75, 3.05) is 20.8 Å². The molecule has 0 bridgehead atoms. The summed E-state index contributed by atoms with van der Waals surface area (Å²) in [5.41, 5.74) is 2.41. The Bertz CT molecular complexity index is 917. The van der Waals surface area contributed by atoms with Gasteiger partial charge in [0.25, 0.3) is 5.91 Å². The molecule has 0 saturated carbocycles. The van der Waals surface area contributed by atoms with Crippen molar-refractivity contribution in [3.63, 3.8) is 0 Å². The molecule has 2 heterocycles. The first-order valence-electron chi connectivity index (χ1n) is 8.69. The lowest BCUT2D eigenvalue weighted by atomic mass is 10.1. The average molecular weight is 351 g/mol. The molecule has 1 aliphatic rings. The summed E-state index contributed by atoms with van der Waals surface area (Å²) in [7, 11) is 3.16. The number of carbonyl (C=O) groups excluding carboxylic acids is 1. The number of aromatic nitrogens is 2. The van der Waals surface area contributed by atoms with Gasteiger partial charge in [0.2, 0.25) is 0 Å². The molecular weight excluding hydrogens is 330 g/mol. The third kappa shape index (κ3) is 2.77. The summed E-state index contributed by atoms with van der Waals surface area (Å²) in [4.78, 5) is 23.2. The van der Waals surface area contributed by atoms with Crippen molar-refractivity contribution in [3.8, 4) is 11.5 Å². The molecule has 3 aromatic rings. The second-order valence-corrected chi connectivity index (χ2v) is 6.36. The van der Waals surface area contributed by atoms with E-state index in [4.69, 9.17) is 14.5 Å². The average Bonchev–Trinajstić information content (AvgIpc) is 3.33. The minimum absolute atomic E-state index is 0.0641. The maximum Gasteiger partial charge on any atom is 0.258 e. The van der Waals surface area contributed by atoms with Crippen LogP contribution in [0.5, 0.6) is 11.5 Å². The Balaban J connectivity index is 1.69. The minimum Gasteiger partial charge on any atom is -0.497 e. The third-order valence-electron chi connectivity index (χ3n) is 4.87. The molecule has 1 amide bonds. The number of likely N-dealkylation sites (tertiary alicyclic amines) is 1. The van der Waals surface area contributed by atoms with Crippen molar-refractivity contribution >= 4 is 16.9 Å². The molecule has 0 aliphatic carbocycles. The fraction of sp³-hybridized carbons (Fsp3) is 0.300. The number of H-pyrrole nitrogens is 1. The fourth-order valence-corrected chi connectivity index (χ4v) is 3.56. The Kier molecular flexibility index (Phi) is 4.24. The van der Waals surface area contributed by atoms with Crippen molar-refractivity contribution in [3.05, 3.63) is 53.9 Å². The second-order valence-electron chi connectivity index (χ2n) is 6.36. The number of ether oxygens (including phenoxy) is 2. The highest BCUT2D eigenvalue weighted by molar-refractivity contribution is 5.97. The number of imidazole rings is 1. The highest BCUT2D eigenvalue weighted by Crippen LogP contribution is 2.35. The lowest BCUT2D eigenvalue weighted by Crippen LogP contribution is -2.31. The molecule has 0 radical (unpaired) electrons. The first-order chi connectivity index (χ1) is 12.7. The smallest absolute Gasteiger partial charge is 0.258 e. The molecule has 2 aromatic carbocycles. The van der Waals surface area contributed by atoms with Crippen molar-refractivity contribution in [2.45, 2.75) is 18.9 Å². The van der Waals surface area contributed by atoms with Crippen LogP contribution >= 0.6 is 0 Å². The number of rotatable bonds is 4.